The van der Waals surface area contributed by atoms with E-state index in [-0.39, 0.29) is 39.5 Å². The molecule has 0 radical (unpaired) electrons. The van der Waals surface area contributed by atoms with Crippen LogP contribution in [0.3, 0.4) is 0 Å². The number of ether oxygens (including phenoxy) is 9. The minimum atomic E-state index is -1.58. The van der Waals surface area contributed by atoms with Crippen molar-refractivity contribution in [1.82, 2.24) is 0 Å². The molecular weight excluding hydrogens is 736 g/mol. The van der Waals surface area contributed by atoms with Crippen molar-refractivity contribution in [3.8, 4) is 5.75 Å². The predicted octanol–water partition coefficient (Wildman–Crippen LogP) is 2.62. The number of hydrogen-bond acceptors (Lipinski definition) is 16. The van der Waals surface area contributed by atoms with Gasteiger partial charge in [0, 0.05) is 13.2 Å². The van der Waals surface area contributed by atoms with Crippen LogP contribution in [0.15, 0.2) is 47.1 Å². The lowest BCUT2D eigenvalue weighted by Crippen LogP contribution is -2.67. The fourth-order valence-electron chi connectivity index (χ4n) is 6.88. The topological polar surface area (TPSA) is 211 Å². The quantitative estimate of drug-likeness (QED) is 0.151. The minimum Gasteiger partial charge on any atom is -0.497 e. The van der Waals surface area contributed by atoms with Crippen LogP contribution >= 0.6 is 0 Å². The predicted molar refractivity (Wildman–Crippen MR) is 197 cm³/mol. The van der Waals surface area contributed by atoms with Crippen LogP contribution < -0.4 is 4.74 Å². The van der Waals surface area contributed by atoms with E-state index in [0.29, 0.717) is 17.1 Å². The number of aliphatic hydroxyl groups excluding tert-OH is 4. The van der Waals surface area contributed by atoms with Crippen molar-refractivity contribution < 1.29 is 77.1 Å². The highest BCUT2D eigenvalue weighted by Gasteiger charge is 2.56. The second-order valence-electron chi connectivity index (χ2n) is 15.6. The first-order valence-corrected chi connectivity index (χ1v) is 18.9. The molecular formula is C40H60O16. The third kappa shape index (κ3) is 11.3. The van der Waals surface area contributed by atoms with Gasteiger partial charge < -0.3 is 67.5 Å². The SMILES string of the molecule is CCO[C@@H]1C(C(=O)OCc2ccco2)OC(C(C)(C)OCCC(C)(C)O[C@@H]2C(C(=O)OCc3ccc(OC)cc3)OC(C(C)(C)OCC)[C@@H](O)C2O)[C@@H](O)C1O. The van der Waals surface area contributed by atoms with Crippen molar-refractivity contribution >= 4 is 11.9 Å². The molecule has 3 heterocycles. The number of benzene rings is 1. The molecule has 4 rings (SSSR count). The maximum atomic E-state index is 13.7. The zero-order valence-corrected chi connectivity index (χ0v) is 33.7. The number of aliphatic hydroxyl groups is 4. The van der Waals surface area contributed by atoms with E-state index in [9.17, 15) is 30.0 Å². The van der Waals surface area contributed by atoms with Gasteiger partial charge in [0.2, 0.25) is 0 Å². The van der Waals surface area contributed by atoms with Crippen molar-refractivity contribution in [1.29, 1.82) is 0 Å². The summed E-state index contributed by atoms with van der Waals surface area (Å²) in [5.74, 6) is -0.592. The average Bonchev–Trinajstić information content (AvgIpc) is 3.67. The van der Waals surface area contributed by atoms with Crippen LogP contribution in [-0.2, 0) is 60.7 Å². The van der Waals surface area contributed by atoms with E-state index in [2.05, 4.69) is 0 Å². The van der Waals surface area contributed by atoms with Crippen LogP contribution in [0, 0.1) is 0 Å². The lowest BCUT2D eigenvalue weighted by molar-refractivity contribution is -0.290. The number of hydrogen-bond donors (Lipinski definition) is 4. The molecule has 2 fully saturated rings. The van der Waals surface area contributed by atoms with E-state index >= 15 is 0 Å². The second kappa shape index (κ2) is 19.5. The summed E-state index contributed by atoms with van der Waals surface area (Å²) >= 11 is 0. The van der Waals surface area contributed by atoms with Crippen LogP contribution in [0.2, 0.25) is 0 Å². The van der Waals surface area contributed by atoms with Crippen molar-refractivity contribution in [2.45, 2.75) is 153 Å². The lowest BCUT2D eigenvalue weighted by atomic mass is 9.86. The molecule has 0 amide bonds. The van der Waals surface area contributed by atoms with Gasteiger partial charge in [-0.15, -0.1) is 0 Å². The molecule has 2 aliphatic rings. The Bertz CT molecular complexity index is 1510. The van der Waals surface area contributed by atoms with E-state index in [0.717, 1.165) is 0 Å². The monoisotopic (exact) mass is 796 g/mol. The van der Waals surface area contributed by atoms with Crippen molar-refractivity contribution in [2.24, 2.45) is 0 Å². The highest BCUT2D eigenvalue weighted by Crippen LogP contribution is 2.36. The first-order valence-electron chi connectivity index (χ1n) is 18.9. The fraction of sp³-hybridized carbons (Fsp3) is 0.700. The first kappa shape index (κ1) is 45.5. The number of esters is 2. The number of rotatable bonds is 19. The van der Waals surface area contributed by atoms with Gasteiger partial charge >= 0.3 is 11.9 Å². The Morgan fingerprint density at radius 1 is 0.714 bits per heavy atom. The molecule has 0 bridgehead atoms. The number of carbonyl (C=O) groups is 2. The normalized spacial score (nSPS) is 28.8. The number of methoxy groups -OCH3 is 1. The summed E-state index contributed by atoms with van der Waals surface area (Å²) in [6, 6.07) is 10.2. The van der Waals surface area contributed by atoms with Gasteiger partial charge in [-0.25, -0.2) is 9.59 Å². The molecule has 10 atom stereocenters. The lowest BCUT2D eigenvalue weighted by Gasteiger charge is -2.48. The van der Waals surface area contributed by atoms with Gasteiger partial charge in [-0.3, -0.25) is 0 Å². The largest absolute Gasteiger partial charge is 0.497 e. The zero-order valence-electron chi connectivity index (χ0n) is 33.7. The fourth-order valence-corrected chi connectivity index (χ4v) is 6.88. The Morgan fingerprint density at radius 2 is 1.27 bits per heavy atom. The summed E-state index contributed by atoms with van der Waals surface area (Å²) < 4.78 is 57.7. The summed E-state index contributed by atoms with van der Waals surface area (Å²) in [6.07, 6.45) is -12.3. The van der Waals surface area contributed by atoms with Gasteiger partial charge in [-0.2, -0.15) is 0 Å². The molecule has 2 aliphatic heterocycles. The van der Waals surface area contributed by atoms with E-state index in [1.807, 2.05) is 0 Å². The third-order valence-corrected chi connectivity index (χ3v) is 10.00. The molecule has 2 saturated heterocycles. The van der Waals surface area contributed by atoms with Gasteiger partial charge in [0.1, 0.15) is 73.6 Å². The van der Waals surface area contributed by atoms with Crippen molar-refractivity contribution in [3.05, 3.63) is 54.0 Å². The van der Waals surface area contributed by atoms with E-state index in [1.165, 1.54) is 6.26 Å². The molecule has 0 spiro atoms. The highest BCUT2D eigenvalue weighted by atomic mass is 16.6. The summed E-state index contributed by atoms with van der Waals surface area (Å²) in [5.41, 5.74) is -2.81. The van der Waals surface area contributed by atoms with E-state index in [4.69, 9.17) is 47.0 Å². The van der Waals surface area contributed by atoms with Crippen molar-refractivity contribution in [2.75, 3.05) is 26.9 Å². The number of furan rings is 1. The van der Waals surface area contributed by atoms with Gasteiger partial charge in [0.15, 0.2) is 12.2 Å². The van der Waals surface area contributed by atoms with Crippen LogP contribution in [0.4, 0.5) is 0 Å². The second-order valence-corrected chi connectivity index (χ2v) is 15.6. The Labute approximate surface area is 328 Å². The van der Waals surface area contributed by atoms with Crippen LogP contribution in [0.1, 0.15) is 73.1 Å². The molecule has 6 unspecified atom stereocenters. The van der Waals surface area contributed by atoms with Crippen molar-refractivity contribution in [3.63, 3.8) is 0 Å². The molecule has 316 valence electrons. The summed E-state index contributed by atoms with van der Waals surface area (Å²) in [5, 5.41) is 45.0. The maximum Gasteiger partial charge on any atom is 0.338 e. The van der Waals surface area contributed by atoms with Crippen LogP contribution in [0.5, 0.6) is 5.75 Å². The van der Waals surface area contributed by atoms with E-state index in [1.54, 1.807) is 98.9 Å². The Hall–Kier alpha value is -3.16. The molecule has 2 aromatic rings. The van der Waals surface area contributed by atoms with Crippen LogP contribution in [0.25, 0.3) is 0 Å². The number of carbonyl (C=O) groups excluding carboxylic acids is 2. The molecule has 1 aromatic heterocycles. The van der Waals surface area contributed by atoms with Gasteiger partial charge in [0.05, 0.1) is 36.8 Å². The van der Waals surface area contributed by atoms with E-state index < -0.39 is 89.8 Å². The van der Waals surface area contributed by atoms with Gasteiger partial charge in [0.25, 0.3) is 0 Å². The maximum absolute atomic E-state index is 13.7. The molecule has 16 nitrogen and oxygen atoms in total. The summed E-state index contributed by atoms with van der Waals surface area (Å²) in [6.45, 7) is 13.7. The summed E-state index contributed by atoms with van der Waals surface area (Å²) in [7, 11) is 1.55. The van der Waals surface area contributed by atoms with Crippen LogP contribution in [-0.4, -0.2) is 137 Å². The molecule has 56 heavy (non-hydrogen) atoms. The van der Waals surface area contributed by atoms with Gasteiger partial charge in [-0.05, 0) is 91.6 Å². The standard InChI is InChI=1S/C40H60O16/c1-10-48-30-26(41)28(43)35(54-32(30)36(45)51-22-25-13-12-19-49-25)40(7,8)53-20-18-38(3,4)56-31-27(42)29(44)34(39(5,6)52-11-2)55-33(31)37(46)50-21-23-14-16-24(47-9)17-15-23/h12-17,19,26-35,41-44H,10-11,18,20-22H2,1-9H3/t26?,27?,28-,29-,30-,31-,32?,33?,34?,35?/m0/s1. The smallest absolute Gasteiger partial charge is 0.338 e. The highest BCUT2D eigenvalue weighted by molar-refractivity contribution is 5.76. The average molecular weight is 797 g/mol. The molecule has 1 aromatic carbocycles. The minimum absolute atomic E-state index is 0.00995. The first-order chi connectivity index (χ1) is 26.4. The molecule has 0 saturated carbocycles. The third-order valence-electron chi connectivity index (χ3n) is 10.00. The zero-order chi connectivity index (χ0) is 41.4. The molecule has 0 aliphatic carbocycles. The molecule has 4 N–H and O–H groups in total. The Balaban J connectivity index is 1.45. The Kier molecular flexibility index (Phi) is 15.9. The molecule has 16 heteroatoms. The van der Waals surface area contributed by atoms with Gasteiger partial charge in [-0.1, -0.05) is 12.1 Å². The summed E-state index contributed by atoms with van der Waals surface area (Å²) in [4.78, 5) is 26.9. The Morgan fingerprint density at radius 3 is 1.80 bits per heavy atom.